The lowest BCUT2D eigenvalue weighted by atomic mass is 9.96. The first-order valence-corrected chi connectivity index (χ1v) is 9.55. The highest BCUT2D eigenvalue weighted by Crippen LogP contribution is 2.30. The van der Waals surface area contributed by atoms with Gasteiger partial charge < -0.3 is 9.88 Å². The van der Waals surface area contributed by atoms with Crippen LogP contribution in [-0.4, -0.2) is 33.3 Å². The van der Waals surface area contributed by atoms with Gasteiger partial charge in [0, 0.05) is 24.6 Å². The van der Waals surface area contributed by atoms with Crippen molar-refractivity contribution in [1.29, 1.82) is 0 Å². The van der Waals surface area contributed by atoms with Gasteiger partial charge in [-0.2, -0.15) is 0 Å². The highest BCUT2D eigenvalue weighted by molar-refractivity contribution is 5.75. The molecular weight excluding hydrogens is 353 g/mol. The molecule has 0 bridgehead atoms. The number of anilines is 1. The van der Waals surface area contributed by atoms with Gasteiger partial charge in [0.05, 0.1) is 16.7 Å². The van der Waals surface area contributed by atoms with Gasteiger partial charge in [-0.3, -0.25) is 0 Å². The van der Waals surface area contributed by atoms with E-state index in [4.69, 9.17) is 0 Å². The molecule has 5 rings (SSSR count). The maximum Gasteiger partial charge on any atom is 0.151 e. The zero-order chi connectivity index (χ0) is 18.9. The Hall–Kier alpha value is -3.28. The third-order valence-electron chi connectivity index (χ3n) is 5.39. The van der Waals surface area contributed by atoms with E-state index < -0.39 is 0 Å². The van der Waals surface area contributed by atoms with Crippen molar-refractivity contribution in [2.75, 3.05) is 18.0 Å². The summed E-state index contributed by atoms with van der Waals surface area (Å²) in [6.45, 7) is 1.80. The summed E-state index contributed by atoms with van der Waals surface area (Å²) < 4.78 is 13.4. The molecule has 0 atom stereocenters. The molecule has 5 nitrogen and oxygen atoms in total. The number of benzene rings is 2. The summed E-state index contributed by atoms with van der Waals surface area (Å²) >= 11 is 0. The zero-order valence-corrected chi connectivity index (χ0v) is 15.3. The first-order valence-electron chi connectivity index (χ1n) is 9.55. The van der Waals surface area contributed by atoms with Gasteiger partial charge in [0.25, 0.3) is 0 Å². The lowest BCUT2D eigenvalue weighted by molar-refractivity contribution is 0.486. The Labute approximate surface area is 162 Å². The quantitative estimate of drug-likeness (QED) is 0.573. The van der Waals surface area contributed by atoms with Crippen molar-refractivity contribution in [3.63, 3.8) is 0 Å². The molecule has 1 N–H and O–H groups in total. The van der Waals surface area contributed by atoms with E-state index in [1.807, 2.05) is 42.5 Å². The number of hydrogen-bond donors (Lipinski definition) is 1. The molecule has 0 saturated carbocycles. The van der Waals surface area contributed by atoms with Crippen molar-refractivity contribution in [1.82, 2.24) is 20.2 Å². The molecule has 4 aromatic rings. The van der Waals surface area contributed by atoms with Gasteiger partial charge in [-0.15, -0.1) is 10.2 Å². The minimum Gasteiger partial charge on any atom is -0.355 e. The molecule has 2 aromatic carbocycles. The number of rotatable bonds is 3. The van der Waals surface area contributed by atoms with Crippen molar-refractivity contribution in [2.45, 2.75) is 18.8 Å². The molecule has 0 amide bonds. The Morgan fingerprint density at radius 2 is 1.75 bits per heavy atom. The summed E-state index contributed by atoms with van der Waals surface area (Å²) in [5, 5.41) is 8.82. The number of aromatic amines is 1. The third-order valence-corrected chi connectivity index (χ3v) is 5.39. The molecule has 1 fully saturated rings. The predicted molar refractivity (Wildman–Crippen MR) is 108 cm³/mol. The lowest BCUT2D eigenvalue weighted by Crippen LogP contribution is -2.33. The molecule has 3 heterocycles. The van der Waals surface area contributed by atoms with Crippen LogP contribution >= 0.6 is 0 Å². The fraction of sp³-hybridized carbons (Fsp3) is 0.227. The van der Waals surface area contributed by atoms with Crippen LogP contribution in [0.5, 0.6) is 0 Å². The fourth-order valence-electron chi connectivity index (χ4n) is 3.83. The number of hydrogen-bond acceptors (Lipinski definition) is 4. The number of nitrogens with zero attached hydrogens (tertiary/aromatic N) is 4. The van der Waals surface area contributed by atoms with Crippen LogP contribution in [-0.2, 0) is 0 Å². The van der Waals surface area contributed by atoms with Gasteiger partial charge in [-0.05, 0) is 43.2 Å². The van der Waals surface area contributed by atoms with E-state index in [2.05, 4.69) is 25.1 Å². The molecule has 1 saturated heterocycles. The van der Waals surface area contributed by atoms with Crippen LogP contribution in [0.2, 0.25) is 0 Å². The summed E-state index contributed by atoms with van der Waals surface area (Å²) in [7, 11) is 0. The molecule has 0 aliphatic carbocycles. The number of H-pyrrole nitrogens is 1. The lowest BCUT2D eigenvalue weighted by Gasteiger charge is -2.31. The molecule has 6 heteroatoms. The van der Waals surface area contributed by atoms with E-state index in [0.29, 0.717) is 5.92 Å². The van der Waals surface area contributed by atoms with E-state index in [1.54, 1.807) is 6.07 Å². The van der Waals surface area contributed by atoms with Crippen LogP contribution in [0.15, 0.2) is 60.7 Å². The average molecular weight is 373 g/mol. The van der Waals surface area contributed by atoms with Crippen molar-refractivity contribution in [3.8, 4) is 11.3 Å². The Kier molecular flexibility index (Phi) is 4.24. The third kappa shape index (κ3) is 3.22. The van der Waals surface area contributed by atoms with Gasteiger partial charge in [-0.25, -0.2) is 9.37 Å². The zero-order valence-electron chi connectivity index (χ0n) is 15.3. The first kappa shape index (κ1) is 16.9. The fourth-order valence-corrected chi connectivity index (χ4v) is 3.83. The second-order valence-electron chi connectivity index (χ2n) is 7.19. The summed E-state index contributed by atoms with van der Waals surface area (Å²) in [6.07, 6.45) is 1.95. The standard InChI is InChI=1S/C22H20FN5/c23-17-6-7-19-20(14-17)25-22(24-19)16-10-12-28(13-11-16)21-9-8-18(26-27-21)15-4-2-1-3-5-15/h1-9,14,16H,10-13H2,(H,24,25). The van der Waals surface area contributed by atoms with Crippen molar-refractivity contribution >= 4 is 16.9 Å². The Morgan fingerprint density at radius 1 is 0.929 bits per heavy atom. The van der Waals surface area contributed by atoms with Crippen LogP contribution in [0.25, 0.3) is 22.3 Å². The largest absolute Gasteiger partial charge is 0.355 e. The molecule has 1 aliphatic heterocycles. The molecule has 0 radical (unpaired) electrons. The van der Waals surface area contributed by atoms with Gasteiger partial charge in [0.1, 0.15) is 11.6 Å². The smallest absolute Gasteiger partial charge is 0.151 e. The topological polar surface area (TPSA) is 57.7 Å². The Bertz CT molecular complexity index is 1080. The van der Waals surface area contributed by atoms with E-state index in [0.717, 1.165) is 59.9 Å². The SMILES string of the molecule is Fc1ccc2nc(C3CCN(c4ccc(-c5ccccc5)nn4)CC3)[nH]c2c1. The van der Waals surface area contributed by atoms with Gasteiger partial charge in [-0.1, -0.05) is 30.3 Å². The van der Waals surface area contributed by atoms with Crippen LogP contribution < -0.4 is 4.90 Å². The average Bonchev–Trinajstić information content (AvgIpc) is 3.18. The molecule has 2 aromatic heterocycles. The summed E-state index contributed by atoms with van der Waals surface area (Å²) in [5.74, 6) is 1.97. The van der Waals surface area contributed by atoms with Crippen molar-refractivity contribution < 1.29 is 4.39 Å². The first-order chi connectivity index (χ1) is 13.8. The highest BCUT2D eigenvalue weighted by atomic mass is 19.1. The summed E-state index contributed by atoms with van der Waals surface area (Å²) in [4.78, 5) is 10.2. The molecule has 28 heavy (non-hydrogen) atoms. The van der Waals surface area contributed by atoms with E-state index >= 15 is 0 Å². The van der Waals surface area contributed by atoms with Crippen molar-refractivity contribution in [3.05, 3.63) is 72.3 Å². The van der Waals surface area contributed by atoms with Crippen molar-refractivity contribution in [2.24, 2.45) is 0 Å². The Balaban J connectivity index is 1.27. The monoisotopic (exact) mass is 373 g/mol. The highest BCUT2D eigenvalue weighted by Gasteiger charge is 2.24. The van der Waals surface area contributed by atoms with E-state index in [-0.39, 0.29) is 5.82 Å². The number of halogens is 1. The number of piperidine rings is 1. The number of nitrogens with one attached hydrogen (secondary N) is 1. The van der Waals surface area contributed by atoms with Gasteiger partial charge in [0.15, 0.2) is 5.82 Å². The van der Waals surface area contributed by atoms with Crippen LogP contribution in [0.4, 0.5) is 10.2 Å². The molecule has 0 spiro atoms. The minimum atomic E-state index is -0.241. The predicted octanol–water partition coefficient (Wildman–Crippen LogP) is 4.54. The number of aromatic nitrogens is 4. The molecule has 0 unspecified atom stereocenters. The minimum absolute atomic E-state index is 0.241. The van der Waals surface area contributed by atoms with Gasteiger partial charge >= 0.3 is 0 Å². The van der Waals surface area contributed by atoms with E-state index in [1.165, 1.54) is 12.1 Å². The van der Waals surface area contributed by atoms with Crippen LogP contribution in [0.1, 0.15) is 24.6 Å². The Morgan fingerprint density at radius 3 is 2.50 bits per heavy atom. The van der Waals surface area contributed by atoms with Gasteiger partial charge in [0.2, 0.25) is 0 Å². The maximum absolute atomic E-state index is 13.4. The summed E-state index contributed by atoms with van der Waals surface area (Å²) in [6, 6.07) is 18.8. The molecular formula is C22H20FN5. The summed E-state index contributed by atoms with van der Waals surface area (Å²) in [5.41, 5.74) is 3.54. The maximum atomic E-state index is 13.4. The second kappa shape index (κ2) is 7.03. The second-order valence-corrected chi connectivity index (χ2v) is 7.19. The number of fused-ring (bicyclic) bond motifs is 1. The molecule has 1 aliphatic rings. The molecule has 140 valence electrons. The van der Waals surface area contributed by atoms with E-state index in [9.17, 15) is 4.39 Å². The van der Waals surface area contributed by atoms with Crippen LogP contribution in [0.3, 0.4) is 0 Å². The van der Waals surface area contributed by atoms with Crippen LogP contribution in [0, 0.1) is 5.82 Å². The normalized spacial score (nSPS) is 15.2. The number of imidazole rings is 1.